The molecule has 0 radical (unpaired) electrons. The molecule has 0 spiro atoms. The van der Waals surface area contributed by atoms with Gasteiger partial charge in [0.2, 0.25) is 0 Å². The lowest BCUT2D eigenvalue weighted by molar-refractivity contribution is 0.773. The second-order valence-electron chi connectivity index (χ2n) is 3.77. The van der Waals surface area contributed by atoms with Crippen LogP contribution in [0.15, 0.2) is 29.3 Å². The van der Waals surface area contributed by atoms with Crippen LogP contribution in [0.25, 0.3) is 0 Å². The van der Waals surface area contributed by atoms with Crippen molar-refractivity contribution >= 4 is 41.5 Å². The summed E-state index contributed by atoms with van der Waals surface area (Å²) >= 11 is 6.08. The first-order valence-electron chi connectivity index (χ1n) is 5.95. The molecule has 0 atom stereocenters. The average Bonchev–Trinajstić information content (AvgIpc) is 2.35. The van der Waals surface area contributed by atoms with Crippen molar-refractivity contribution in [3.05, 3.63) is 34.9 Å². The summed E-state index contributed by atoms with van der Waals surface area (Å²) in [7, 11) is 1.78. The zero-order valence-corrected chi connectivity index (χ0v) is 14.0. The Morgan fingerprint density at radius 3 is 2.50 bits per heavy atom. The smallest absolute Gasteiger partial charge is 0.190 e. The van der Waals surface area contributed by atoms with E-state index in [2.05, 4.69) is 22.5 Å². The number of guanidine groups is 1. The lowest BCUT2D eigenvalue weighted by Gasteiger charge is -2.11. The van der Waals surface area contributed by atoms with Crippen LogP contribution in [-0.2, 0) is 6.42 Å². The summed E-state index contributed by atoms with van der Waals surface area (Å²) in [5, 5.41) is 7.31. The molecule has 2 N–H and O–H groups in total. The summed E-state index contributed by atoms with van der Waals surface area (Å²) in [6, 6.07) is 7.92. The molecule has 0 heterocycles. The van der Waals surface area contributed by atoms with Crippen LogP contribution in [0.1, 0.15) is 18.9 Å². The molecular weight excluding hydrogens is 361 g/mol. The highest BCUT2D eigenvalue weighted by atomic mass is 127. The molecule has 0 amide bonds. The lowest BCUT2D eigenvalue weighted by atomic mass is 10.1. The largest absolute Gasteiger partial charge is 0.356 e. The molecule has 102 valence electrons. The highest BCUT2D eigenvalue weighted by molar-refractivity contribution is 14.0. The highest BCUT2D eigenvalue weighted by Gasteiger charge is 1.99. The molecule has 5 heteroatoms. The van der Waals surface area contributed by atoms with Gasteiger partial charge in [-0.2, -0.15) is 0 Å². The van der Waals surface area contributed by atoms with Crippen molar-refractivity contribution in [3.63, 3.8) is 0 Å². The first kappa shape index (κ1) is 17.5. The van der Waals surface area contributed by atoms with Crippen LogP contribution < -0.4 is 10.6 Å². The predicted molar refractivity (Wildman–Crippen MR) is 90.2 cm³/mol. The maximum Gasteiger partial charge on any atom is 0.190 e. The predicted octanol–water partition coefficient (Wildman–Crippen LogP) is 3.08. The number of hydrogen-bond donors (Lipinski definition) is 2. The van der Waals surface area contributed by atoms with E-state index in [9.17, 15) is 0 Å². The summed E-state index contributed by atoms with van der Waals surface area (Å²) in [4.78, 5) is 4.14. The number of halogens is 2. The monoisotopic (exact) mass is 381 g/mol. The Balaban J connectivity index is 0.00000289. The van der Waals surface area contributed by atoms with Crippen LogP contribution in [-0.4, -0.2) is 26.1 Å². The molecule has 18 heavy (non-hydrogen) atoms. The third-order valence-electron chi connectivity index (χ3n) is 2.41. The number of hydrogen-bond acceptors (Lipinski definition) is 1. The number of nitrogens with one attached hydrogen (secondary N) is 2. The third-order valence-corrected chi connectivity index (χ3v) is 2.78. The summed E-state index contributed by atoms with van der Waals surface area (Å²) in [6.45, 7) is 3.89. The average molecular weight is 382 g/mol. The van der Waals surface area contributed by atoms with Gasteiger partial charge < -0.3 is 10.6 Å². The molecule has 3 nitrogen and oxygen atoms in total. The topological polar surface area (TPSA) is 36.4 Å². The molecule has 0 aliphatic carbocycles. The fourth-order valence-electron chi connectivity index (χ4n) is 1.48. The Kier molecular flexibility index (Phi) is 10.2. The second kappa shape index (κ2) is 10.4. The van der Waals surface area contributed by atoms with Crippen molar-refractivity contribution in [3.8, 4) is 0 Å². The van der Waals surface area contributed by atoms with Gasteiger partial charge in [0.1, 0.15) is 0 Å². The summed E-state index contributed by atoms with van der Waals surface area (Å²) < 4.78 is 0. The van der Waals surface area contributed by atoms with Crippen molar-refractivity contribution in [2.24, 2.45) is 4.99 Å². The minimum Gasteiger partial charge on any atom is -0.356 e. The Morgan fingerprint density at radius 2 is 1.89 bits per heavy atom. The zero-order chi connectivity index (χ0) is 12.5. The SMILES string of the molecule is CCCNC(=NC)NCCc1ccccc1Cl.I. The molecule has 1 rings (SSSR count). The highest BCUT2D eigenvalue weighted by Crippen LogP contribution is 2.14. The Bertz CT molecular complexity index is 369. The van der Waals surface area contributed by atoms with E-state index in [-0.39, 0.29) is 24.0 Å². The van der Waals surface area contributed by atoms with Crippen LogP contribution >= 0.6 is 35.6 Å². The molecule has 0 aliphatic rings. The van der Waals surface area contributed by atoms with Crippen LogP contribution in [0.4, 0.5) is 0 Å². The first-order valence-corrected chi connectivity index (χ1v) is 6.33. The lowest BCUT2D eigenvalue weighted by Crippen LogP contribution is -2.38. The molecule has 0 aliphatic heterocycles. The maximum atomic E-state index is 6.08. The van der Waals surface area contributed by atoms with Crippen LogP contribution in [0.2, 0.25) is 5.02 Å². The van der Waals surface area contributed by atoms with E-state index >= 15 is 0 Å². The van der Waals surface area contributed by atoms with E-state index in [1.807, 2.05) is 24.3 Å². The Labute approximate surface area is 131 Å². The van der Waals surface area contributed by atoms with Gasteiger partial charge in [-0.15, -0.1) is 24.0 Å². The van der Waals surface area contributed by atoms with E-state index in [1.54, 1.807) is 7.05 Å². The van der Waals surface area contributed by atoms with Gasteiger partial charge in [0, 0.05) is 25.2 Å². The fourth-order valence-corrected chi connectivity index (χ4v) is 1.71. The summed E-state index contributed by atoms with van der Waals surface area (Å²) in [5.74, 6) is 0.846. The number of benzene rings is 1. The van der Waals surface area contributed by atoms with E-state index in [4.69, 9.17) is 11.6 Å². The molecule has 0 fully saturated rings. The molecule has 1 aromatic carbocycles. The second-order valence-corrected chi connectivity index (χ2v) is 4.17. The van der Waals surface area contributed by atoms with Gasteiger partial charge in [0.05, 0.1) is 0 Å². The van der Waals surface area contributed by atoms with E-state index in [0.29, 0.717) is 0 Å². The number of rotatable bonds is 5. The zero-order valence-electron chi connectivity index (χ0n) is 10.9. The maximum absolute atomic E-state index is 6.08. The van der Waals surface area contributed by atoms with E-state index in [0.717, 1.165) is 42.5 Å². The summed E-state index contributed by atoms with van der Waals surface area (Å²) in [6.07, 6.45) is 1.98. The molecule has 1 aromatic rings. The minimum atomic E-state index is 0. The minimum absolute atomic E-state index is 0. The van der Waals surface area contributed by atoms with Crippen molar-refractivity contribution < 1.29 is 0 Å². The number of aliphatic imine (C=N–C) groups is 1. The van der Waals surface area contributed by atoms with Crippen molar-refractivity contribution in [1.29, 1.82) is 0 Å². The fraction of sp³-hybridized carbons (Fsp3) is 0.462. The van der Waals surface area contributed by atoms with Gasteiger partial charge in [-0.25, -0.2) is 0 Å². The standard InChI is InChI=1S/C13H20ClN3.HI/c1-3-9-16-13(15-2)17-10-8-11-6-4-5-7-12(11)14;/h4-7H,3,8-10H2,1-2H3,(H2,15,16,17);1H. The van der Waals surface area contributed by atoms with Crippen LogP contribution in [0, 0.1) is 0 Å². The van der Waals surface area contributed by atoms with Crippen LogP contribution in [0.3, 0.4) is 0 Å². The van der Waals surface area contributed by atoms with E-state index < -0.39 is 0 Å². The summed E-state index contributed by atoms with van der Waals surface area (Å²) in [5.41, 5.74) is 1.16. The quantitative estimate of drug-likeness (QED) is 0.467. The van der Waals surface area contributed by atoms with Gasteiger partial charge >= 0.3 is 0 Å². The van der Waals surface area contributed by atoms with Crippen molar-refractivity contribution in [2.75, 3.05) is 20.1 Å². The van der Waals surface area contributed by atoms with Gasteiger partial charge in [-0.1, -0.05) is 36.7 Å². The molecule has 0 saturated carbocycles. The Hall–Kier alpha value is -0.490. The van der Waals surface area contributed by atoms with Crippen LogP contribution in [0.5, 0.6) is 0 Å². The first-order chi connectivity index (χ1) is 8.27. The molecular formula is C13H21ClIN3. The number of nitrogens with zero attached hydrogens (tertiary/aromatic N) is 1. The van der Waals surface area contributed by atoms with Gasteiger partial charge in [0.15, 0.2) is 5.96 Å². The molecule has 0 bridgehead atoms. The third kappa shape index (κ3) is 6.44. The normalized spacial score (nSPS) is 10.7. The van der Waals surface area contributed by atoms with E-state index in [1.165, 1.54) is 0 Å². The molecule has 0 saturated heterocycles. The van der Waals surface area contributed by atoms with Gasteiger partial charge in [-0.3, -0.25) is 4.99 Å². The van der Waals surface area contributed by atoms with Gasteiger partial charge in [0.25, 0.3) is 0 Å². The molecule has 0 unspecified atom stereocenters. The Morgan fingerprint density at radius 1 is 1.22 bits per heavy atom. The van der Waals surface area contributed by atoms with Gasteiger partial charge in [-0.05, 0) is 24.5 Å². The van der Waals surface area contributed by atoms with Crippen molar-refractivity contribution in [2.45, 2.75) is 19.8 Å². The van der Waals surface area contributed by atoms with Crippen molar-refractivity contribution in [1.82, 2.24) is 10.6 Å². The molecule has 0 aromatic heterocycles.